The van der Waals surface area contributed by atoms with Gasteiger partial charge >= 0.3 is 0 Å². The number of nitrogens with two attached hydrogens (primary N) is 1. The first-order valence-electron chi connectivity index (χ1n) is 5.72. The second-order valence-electron chi connectivity index (χ2n) is 3.98. The van der Waals surface area contributed by atoms with Crippen LogP contribution in [0.2, 0.25) is 0 Å². The Morgan fingerprint density at radius 2 is 2.18 bits per heavy atom. The van der Waals surface area contributed by atoms with Gasteiger partial charge in [0.2, 0.25) is 0 Å². The summed E-state index contributed by atoms with van der Waals surface area (Å²) >= 11 is 0. The highest BCUT2D eigenvalue weighted by Gasteiger charge is 2.12. The molecular formula is C11H21N5O. The summed E-state index contributed by atoms with van der Waals surface area (Å²) in [4.78, 5) is 10.8. The van der Waals surface area contributed by atoms with Crippen molar-refractivity contribution in [1.29, 1.82) is 0 Å². The van der Waals surface area contributed by atoms with E-state index in [0.717, 1.165) is 12.4 Å². The highest BCUT2D eigenvalue weighted by atomic mass is 16.5. The summed E-state index contributed by atoms with van der Waals surface area (Å²) in [7, 11) is 1.62. The number of rotatable bonds is 6. The number of ether oxygens (including phenoxy) is 1. The molecule has 96 valence electrons. The topological polar surface area (TPSA) is 76.3 Å². The van der Waals surface area contributed by atoms with Crippen molar-refractivity contribution in [3.05, 3.63) is 11.9 Å². The largest absolute Gasteiger partial charge is 0.377 e. The summed E-state index contributed by atoms with van der Waals surface area (Å²) in [6.45, 7) is 7.59. The van der Waals surface area contributed by atoms with Crippen LogP contribution in [0.4, 0.5) is 11.6 Å². The number of aromatic nitrogens is 2. The molecular weight excluding hydrogens is 218 g/mol. The summed E-state index contributed by atoms with van der Waals surface area (Å²) < 4.78 is 5.04. The van der Waals surface area contributed by atoms with E-state index in [0.29, 0.717) is 24.3 Å². The van der Waals surface area contributed by atoms with E-state index in [1.165, 1.54) is 0 Å². The van der Waals surface area contributed by atoms with E-state index >= 15 is 0 Å². The summed E-state index contributed by atoms with van der Waals surface area (Å²) in [5.74, 6) is 7.48. The molecule has 3 N–H and O–H groups in total. The Morgan fingerprint density at radius 3 is 2.65 bits per heavy atom. The minimum Gasteiger partial charge on any atom is -0.377 e. The van der Waals surface area contributed by atoms with E-state index in [4.69, 9.17) is 10.6 Å². The molecule has 1 aromatic heterocycles. The molecule has 17 heavy (non-hydrogen) atoms. The van der Waals surface area contributed by atoms with Gasteiger partial charge in [-0.25, -0.2) is 15.8 Å². The molecule has 6 heteroatoms. The van der Waals surface area contributed by atoms with Crippen LogP contribution in [0.5, 0.6) is 0 Å². The number of nitrogens with zero attached hydrogens (tertiary/aromatic N) is 3. The first-order valence-corrected chi connectivity index (χ1v) is 5.72. The molecule has 0 amide bonds. The van der Waals surface area contributed by atoms with E-state index in [2.05, 4.69) is 41.1 Å². The predicted octanol–water partition coefficient (Wildman–Crippen LogP) is 1.14. The molecule has 0 aliphatic heterocycles. The first kappa shape index (κ1) is 13.7. The van der Waals surface area contributed by atoms with Crippen molar-refractivity contribution < 1.29 is 4.74 Å². The van der Waals surface area contributed by atoms with Gasteiger partial charge in [-0.3, -0.25) is 0 Å². The molecule has 0 unspecified atom stereocenters. The van der Waals surface area contributed by atoms with Gasteiger partial charge < -0.3 is 15.1 Å². The third-order valence-corrected chi connectivity index (χ3v) is 2.44. The maximum atomic E-state index is 5.40. The number of hydrogen-bond donors (Lipinski definition) is 2. The molecule has 0 spiro atoms. The molecule has 0 saturated carbocycles. The maximum absolute atomic E-state index is 5.40. The van der Waals surface area contributed by atoms with Crippen molar-refractivity contribution in [3.63, 3.8) is 0 Å². The molecule has 0 fully saturated rings. The van der Waals surface area contributed by atoms with Crippen LogP contribution >= 0.6 is 0 Å². The number of nitrogens with one attached hydrogen (secondary N) is 1. The Labute approximate surface area is 102 Å². The Bertz CT molecular complexity index is 356. The van der Waals surface area contributed by atoms with Crippen LogP contribution in [0.3, 0.4) is 0 Å². The van der Waals surface area contributed by atoms with Crippen molar-refractivity contribution in [2.45, 2.75) is 33.4 Å². The highest BCUT2D eigenvalue weighted by Crippen LogP contribution is 2.17. The average Bonchev–Trinajstić information content (AvgIpc) is 2.29. The van der Waals surface area contributed by atoms with Crippen LogP contribution in [0.15, 0.2) is 6.07 Å². The van der Waals surface area contributed by atoms with E-state index in [9.17, 15) is 0 Å². The number of hydrogen-bond acceptors (Lipinski definition) is 6. The normalized spacial score (nSPS) is 10.7. The van der Waals surface area contributed by atoms with E-state index in [1.807, 2.05) is 6.07 Å². The molecule has 0 aliphatic rings. The lowest BCUT2D eigenvalue weighted by Crippen LogP contribution is -2.31. The molecule has 0 radical (unpaired) electrons. The van der Waals surface area contributed by atoms with Crippen LogP contribution in [0.25, 0.3) is 0 Å². The predicted molar refractivity (Wildman–Crippen MR) is 68.7 cm³/mol. The van der Waals surface area contributed by atoms with Gasteiger partial charge in [0, 0.05) is 25.8 Å². The quantitative estimate of drug-likeness (QED) is 0.573. The average molecular weight is 239 g/mol. The lowest BCUT2D eigenvalue weighted by molar-refractivity contribution is 0.178. The zero-order valence-electron chi connectivity index (χ0n) is 10.9. The molecule has 1 heterocycles. The van der Waals surface area contributed by atoms with Crippen molar-refractivity contribution in [1.82, 2.24) is 9.97 Å². The van der Waals surface area contributed by atoms with Gasteiger partial charge in [-0.05, 0) is 20.8 Å². The lowest BCUT2D eigenvalue weighted by Gasteiger charge is -2.26. The van der Waals surface area contributed by atoms with Crippen LogP contribution in [-0.2, 0) is 11.3 Å². The zero-order chi connectivity index (χ0) is 12.8. The van der Waals surface area contributed by atoms with Gasteiger partial charge in [0.05, 0.1) is 0 Å². The smallest absolute Gasteiger partial charge is 0.158 e. The lowest BCUT2D eigenvalue weighted by atomic mass is 10.3. The molecule has 0 bridgehead atoms. The second kappa shape index (κ2) is 6.36. The maximum Gasteiger partial charge on any atom is 0.158 e. The third kappa shape index (κ3) is 3.54. The Hall–Kier alpha value is -1.40. The number of anilines is 2. The zero-order valence-corrected chi connectivity index (χ0v) is 10.9. The van der Waals surface area contributed by atoms with Gasteiger partial charge in [-0.2, -0.15) is 0 Å². The van der Waals surface area contributed by atoms with E-state index < -0.39 is 0 Å². The Kier molecular flexibility index (Phi) is 5.11. The Morgan fingerprint density at radius 1 is 1.47 bits per heavy atom. The highest BCUT2D eigenvalue weighted by molar-refractivity contribution is 5.49. The summed E-state index contributed by atoms with van der Waals surface area (Å²) in [5, 5.41) is 0. The van der Waals surface area contributed by atoms with E-state index in [-0.39, 0.29) is 0 Å². The first-order chi connectivity index (χ1) is 8.12. The second-order valence-corrected chi connectivity index (χ2v) is 3.98. The van der Waals surface area contributed by atoms with Crippen LogP contribution in [0, 0.1) is 0 Å². The van der Waals surface area contributed by atoms with Gasteiger partial charge in [-0.1, -0.05) is 0 Å². The number of hydrazine groups is 1. The Balaban J connectivity index is 3.08. The fourth-order valence-corrected chi connectivity index (χ4v) is 1.69. The molecule has 0 aliphatic carbocycles. The minimum absolute atomic E-state index is 0.371. The van der Waals surface area contributed by atoms with E-state index in [1.54, 1.807) is 7.11 Å². The van der Waals surface area contributed by atoms with Crippen LogP contribution in [0.1, 0.15) is 26.6 Å². The van der Waals surface area contributed by atoms with Crippen molar-refractivity contribution in [2.75, 3.05) is 24.0 Å². The molecule has 0 aromatic carbocycles. The fourth-order valence-electron chi connectivity index (χ4n) is 1.69. The fraction of sp³-hybridized carbons (Fsp3) is 0.636. The van der Waals surface area contributed by atoms with Gasteiger partial charge in [0.15, 0.2) is 5.82 Å². The van der Waals surface area contributed by atoms with Crippen LogP contribution in [-0.4, -0.2) is 29.7 Å². The molecule has 0 saturated heterocycles. The van der Waals surface area contributed by atoms with Crippen molar-refractivity contribution in [3.8, 4) is 0 Å². The summed E-state index contributed by atoms with van der Waals surface area (Å²) in [6.07, 6.45) is 0. The standard InChI is InChI=1S/C11H21N5O/c1-5-16(8(2)3)11-6-9(15-12)13-10(14-11)7-17-4/h6,8H,5,7,12H2,1-4H3,(H,13,14,15). The van der Waals surface area contributed by atoms with Gasteiger partial charge in [0.25, 0.3) is 0 Å². The van der Waals surface area contributed by atoms with Crippen molar-refractivity contribution >= 4 is 11.6 Å². The molecule has 1 aromatic rings. The molecule has 1 rings (SSSR count). The van der Waals surface area contributed by atoms with Crippen molar-refractivity contribution in [2.24, 2.45) is 5.84 Å². The SMILES string of the molecule is CCN(c1cc(NN)nc(COC)n1)C(C)C. The number of nitrogen functional groups attached to an aromatic ring is 1. The third-order valence-electron chi connectivity index (χ3n) is 2.44. The van der Waals surface area contributed by atoms with Gasteiger partial charge in [0.1, 0.15) is 18.2 Å². The monoisotopic (exact) mass is 239 g/mol. The summed E-state index contributed by atoms with van der Waals surface area (Å²) in [5.41, 5.74) is 2.55. The minimum atomic E-state index is 0.371. The summed E-state index contributed by atoms with van der Waals surface area (Å²) in [6, 6.07) is 2.21. The van der Waals surface area contributed by atoms with Gasteiger partial charge in [-0.15, -0.1) is 0 Å². The molecule has 0 atom stereocenters. The van der Waals surface area contributed by atoms with Crippen LogP contribution < -0.4 is 16.2 Å². The molecule has 6 nitrogen and oxygen atoms in total. The number of methoxy groups -OCH3 is 1.